The van der Waals surface area contributed by atoms with E-state index in [0.717, 1.165) is 24.1 Å². The summed E-state index contributed by atoms with van der Waals surface area (Å²) in [5.41, 5.74) is 3.11. The van der Waals surface area contributed by atoms with Crippen molar-refractivity contribution in [2.45, 2.75) is 52.0 Å². The van der Waals surface area contributed by atoms with Crippen molar-refractivity contribution < 1.29 is 9.90 Å². The number of nitrogens with zero attached hydrogens (tertiary/aromatic N) is 4. The number of aryl methyl sites for hydroxylation is 2. The van der Waals surface area contributed by atoms with Crippen LogP contribution >= 0.6 is 0 Å². The molecule has 0 unspecified atom stereocenters. The zero-order valence-electron chi connectivity index (χ0n) is 14.5. The van der Waals surface area contributed by atoms with Gasteiger partial charge in [-0.1, -0.05) is 25.3 Å². The number of rotatable bonds is 4. The van der Waals surface area contributed by atoms with Gasteiger partial charge in [0.2, 0.25) is 5.69 Å². The highest BCUT2D eigenvalue weighted by Gasteiger charge is 2.27. The van der Waals surface area contributed by atoms with Crippen LogP contribution in [0.3, 0.4) is 0 Å². The van der Waals surface area contributed by atoms with Gasteiger partial charge in [0.1, 0.15) is 0 Å². The third-order valence-electron chi connectivity index (χ3n) is 4.98. The van der Waals surface area contributed by atoms with Crippen LogP contribution in [-0.4, -0.2) is 39.2 Å². The fourth-order valence-corrected chi connectivity index (χ4v) is 3.28. The maximum Gasteiger partial charge on any atom is 0.360 e. The van der Waals surface area contributed by atoms with Crippen molar-refractivity contribution in [1.82, 2.24) is 15.0 Å². The summed E-state index contributed by atoms with van der Waals surface area (Å²) in [5.74, 6) is -0.588. The summed E-state index contributed by atoms with van der Waals surface area (Å²) in [6.45, 7) is 4.07. The molecule has 0 aliphatic heterocycles. The first-order valence-corrected chi connectivity index (χ1v) is 8.48. The van der Waals surface area contributed by atoms with Crippen LogP contribution in [0.2, 0.25) is 0 Å². The van der Waals surface area contributed by atoms with Gasteiger partial charge in [0.05, 0.1) is 5.69 Å². The molecule has 1 aromatic heterocycles. The fourth-order valence-electron chi connectivity index (χ4n) is 3.28. The maximum atomic E-state index is 11.6. The minimum absolute atomic E-state index is 0.0151. The number of carbonyl (C=O) groups is 1. The first-order chi connectivity index (χ1) is 11.5. The van der Waals surface area contributed by atoms with Crippen molar-refractivity contribution in [2.75, 3.05) is 11.9 Å². The lowest BCUT2D eigenvalue weighted by Crippen LogP contribution is -2.34. The number of hydrogen-bond acceptors (Lipinski definition) is 4. The molecule has 0 radical (unpaired) electrons. The number of anilines is 1. The first kappa shape index (κ1) is 16.5. The zero-order chi connectivity index (χ0) is 17.3. The Labute approximate surface area is 142 Å². The average Bonchev–Trinajstić information content (AvgIpc) is 3.03. The molecule has 6 heteroatoms. The van der Waals surface area contributed by atoms with E-state index < -0.39 is 5.97 Å². The van der Waals surface area contributed by atoms with Crippen molar-refractivity contribution in [3.8, 4) is 5.69 Å². The van der Waals surface area contributed by atoms with Gasteiger partial charge >= 0.3 is 5.97 Å². The van der Waals surface area contributed by atoms with Crippen LogP contribution in [-0.2, 0) is 0 Å². The van der Waals surface area contributed by atoms with Crippen LogP contribution in [0.5, 0.6) is 0 Å². The molecule has 3 rings (SSSR count). The second-order valence-corrected chi connectivity index (χ2v) is 6.64. The Bertz CT molecular complexity index is 747. The monoisotopic (exact) mass is 328 g/mol. The zero-order valence-corrected chi connectivity index (χ0v) is 14.5. The Morgan fingerprint density at radius 3 is 2.50 bits per heavy atom. The highest BCUT2D eigenvalue weighted by molar-refractivity contribution is 5.91. The number of carboxylic acid groups (broad SMARTS) is 1. The van der Waals surface area contributed by atoms with Gasteiger partial charge in [-0.2, -0.15) is 0 Å². The number of aromatic carboxylic acids is 1. The molecule has 1 aliphatic carbocycles. The Morgan fingerprint density at radius 2 is 1.88 bits per heavy atom. The molecule has 0 amide bonds. The van der Waals surface area contributed by atoms with E-state index in [-0.39, 0.29) is 5.69 Å². The summed E-state index contributed by atoms with van der Waals surface area (Å²) in [4.78, 5) is 15.1. The Morgan fingerprint density at radius 1 is 1.17 bits per heavy atom. The number of carboxylic acids is 1. The molecule has 1 heterocycles. The largest absolute Gasteiger partial charge is 0.476 e. The number of hydrogen-bond donors (Lipinski definition) is 1. The summed E-state index contributed by atoms with van der Waals surface area (Å²) in [6, 6.07) is 6.23. The molecular formula is C18H24N4O2. The van der Waals surface area contributed by atoms with Gasteiger partial charge < -0.3 is 10.0 Å². The lowest BCUT2D eigenvalue weighted by molar-refractivity contribution is 0.0690. The molecular weight excluding hydrogens is 304 g/mol. The molecule has 1 aromatic carbocycles. The molecule has 2 aromatic rings. The van der Waals surface area contributed by atoms with E-state index in [0.29, 0.717) is 11.9 Å². The SMILES string of the molecule is Cc1ccc(-n2nc(C(=O)O)c(N(C)C3CCCCC3)n2)cc1C. The summed E-state index contributed by atoms with van der Waals surface area (Å²) in [7, 11) is 1.93. The van der Waals surface area contributed by atoms with Gasteiger partial charge in [-0.3, -0.25) is 0 Å². The van der Waals surface area contributed by atoms with Crippen molar-refractivity contribution in [1.29, 1.82) is 0 Å². The molecule has 0 saturated heterocycles. The second-order valence-electron chi connectivity index (χ2n) is 6.64. The summed E-state index contributed by atoms with van der Waals surface area (Å²) in [6.07, 6.45) is 5.77. The van der Waals surface area contributed by atoms with Gasteiger partial charge in [-0.05, 0) is 49.9 Å². The highest BCUT2D eigenvalue weighted by Crippen LogP contribution is 2.27. The van der Waals surface area contributed by atoms with Crippen LogP contribution in [0.4, 0.5) is 5.82 Å². The van der Waals surface area contributed by atoms with Crippen molar-refractivity contribution in [3.63, 3.8) is 0 Å². The van der Waals surface area contributed by atoms with E-state index in [1.54, 1.807) is 0 Å². The smallest absolute Gasteiger partial charge is 0.360 e. The first-order valence-electron chi connectivity index (χ1n) is 8.48. The fraction of sp³-hybridized carbons (Fsp3) is 0.500. The molecule has 6 nitrogen and oxygen atoms in total. The molecule has 1 saturated carbocycles. The second kappa shape index (κ2) is 6.63. The number of aromatic nitrogens is 3. The third-order valence-corrected chi connectivity index (χ3v) is 4.98. The Hall–Kier alpha value is -2.37. The molecule has 0 atom stereocenters. The summed E-state index contributed by atoms with van der Waals surface area (Å²) in [5, 5.41) is 18.3. The molecule has 128 valence electrons. The lowest BCUT2D eigenvalue weighted by atomic mass is 9.94. The average molecular weight is 328 g/mol. The Kier molecular flexibility index (Phi) is 4.55. The molecule has 0 bridgehead atoms. The minimum Gasteiger partial charge on any atom is -0.476 e. The van der Waals surface area contributed by atoms with Crippen LogP contribution in [0, 0.1) is 13.8 Å². The van der Waals surface area contributed by atoms with E-state index >= 15 is 0 Å². The van der Waals surface area contributed by atoms with E-state index in [1.807, 2.05) is 44.0 Å². The normalized spacial score (nSPS) is 15.5. The lowest BCUT2D eigenvalue weighted by Gasteiger charge is -2.31. The molecule has 1 fully saturated rings. The van der Waals surface area contributed by atoms with Crippen LogP contribution in [0.1, 0.15) is 53.7 Å². The molecule has 1 N–H and O–H groups in total. The minimum atomic E-state index is -1.04. The molecule has 1 aliphatic rings. The van der Waals surface area contributed by atoms with Crippen molar-refractivity contribution in [2.24, 2.45) is 0 Å². The van der Waals surface area contributed by atoms with Crippen LogP contribution in [0.25, 0.3) is 5.69 Å². The van der Waals surface area contributed by atoms with Gasteiger partial charge in [0.15, 0.2) is 5.82 Å². The standard InChI is InChI=1S/C18H24N4O2/c1-12-9-10-15(11-13(12)2)22-19-16(18(23)24)17(20-22)21(3)14-7-5-4-6-8-14/h9-11,14H,4-8H2,1-3H3,(H,23,24). The quantitative estimate of drug-likeness (QED) is 0.932. The summed E-state index contributed by atoms with van der Waals surface area (Å²) < 4.78 is 0. The van der Waals surface area contributed by atoms with Gasteiger partial charge in [0.25, 0.3) is 0 Å². The van der Waals surface area contributed by atoms with Gasteiger partial charge in [0, 0.05) is 13.1 Å². The predicted octanol–water partition coefficient (Wildman–Crippen LogP) is 3.35. The topological polar surface area (TPSA) is 71.2 Å². The van der Waals surface area contributed by atoms with Crippen molar-refractivity contribution in [3.05, 3.63) is 35.0 Å². The van der Waals surface area contributed by atoms with Crippen LogP contribution < -0.4 is 4.90 Å². The van der Waals surface area contributed by atoms with E-state index in [4.69, 9.17) is 0 Å². The van der Waals surface area contributed by atoms with E-state index in [1.165, 1.54) is 29.6 Å². The van der Waals surface area contributed by atoms with Crippen molar-refractivity contribution >= 4 is 11.8 Å². The highest BCUT2D eigenvalue weighted by atomic mass is 16.4. The van der Waals surface area contributed by atoms with E-state index in [9.17, 15) is 9.90 Å². The maximum absolute atomic E-state index is 11.6. The third kappa shape index (κ3) is 3.13. The molecule has 0 spiro atoms. The predicted molar refractivity (Wildman–Crippen MR) is 93.1 cm³/mol. The number of benzene rings is 1. The van der Waals surface area contributed by atoms with Gasteiger partial charge in [-0.25, -0.2) is 4.79 Å². The molecule has 24 heavy (non-hydrogen) atoms. The van der Waals surface area contributed by atoms with Gasteiger partial charge in [-0.15, -0.1) is 15.0 Å². The van der Waals surface area contributed by atoms with E-state index in [2.05, 4.69) is 10.2 Å². The van der Waals surface area contributed by atoms with Crippen LogP contribution in [0.15, 0.2) is 18.2 Å². The Balaban J connectivity index is 1.98. The summed E-state index contributed by atoms with van der Waals surface area (Å²) >= 11 is 0.